The van der Waals surface area contributed by atoms with Gasteiger partial charge in [-0.1, -0.05) is 53.5 Å². The van der Waals surface area contributed by atoms with Gasteiger partial charge >= 0.3 is 0 Å². The van der Waals surface area contributed by atoms with Crippen LogP contribution < -0.4 is 10.6 Å². The molecule has 3 aromatic carbocycles. The zero-order chi connectivity index (χ0) is 25.4. The van der Waals surface area contributed by atoms with Crippen molar-refractivity contribution in [1.29, 1.82) is 0 Å². The van der Waals surface area contributed by atoms with Gasteiger partial charge in [0.15, 0.2) is 5.82 Å². The molecule has 0 saturated carbocycles. The van der Waals surface area contributed by atoms with Crippen molar-refractivity contribution in [3.8, 4) is 11.4 Å². The number of carbonyl (C=O) groups is 1. The summed E-state index contributed by atoms with van der Waals surface area (Å²) in [6.07, 6.45) is 0. The van der Waals surface area contributed by atoms with E-state index in [4.69, 9.17) is 23.2 Å². The third-order valence-corrected chi connectivity index (χ3v) is 6.57. The van der Waals surface area contributed by atoms with Gasteiger partial charge in [-0.3, -0.25) is 14.9 Å². The smallest absolute Gasteiger partial charge is 0.269 e. The minimum atomic E-state index is -0.740. The topological polar surface area (TPSA) is 115 Å². The first-order chi connectivity index (χ1) is 17.3. The molecule has 11 heteroatoms. The van der Waals surface area contributed by atoms with E-state index in [-0.39, 0.29) is 11.6 Å². The van der Waals surface area contributed by atoms with Crippen molar-refractivity contribution in [2.75, 3.05) is 10.6 Å². The van der Waals surface area contributed by atoms with Crippen molar-refractivity contribution < 1.29 is 9.72 Å². The molecule has 0 bridgehead atoms. The number of para-hydroxylation sites is 1. The molecule has 180 valence electrons. The molecule has 1 amide bonds. The largest absolute Gasteiger partial charge is 0.328 e. The fourth-order valence-electron chi connectivity index (χ4n) is 4.04. The van der Waals surface area contributed by atoms with Crippen LogP contribution in [0.1, 0.15) is 18.5 Å². The predicted octanol–water partition coefficient (Wildman–Crippen LogP) is 6.09. The molecule has 0 saturated heterocycles. The number of nitro benzene ring substituents is 1. The maximum atomic E-state index is 13.5. The summed E-state index contributed by atoms with van der Waals surface area (Å²) in [5.74, 6) is 0.372. The van der Waals surface area contributed by atoms with Crippen molar-refractivity contribution in [2.45, 2.75) is 13.0 Å². The number of hydrogen-bond acceptors (Lipinski definition) is 6. The van der Waals surface area contributed by atoms with Gasteiger partial charge in [-0.05, 0) is 37.3 Å². The number of fused-ring (bicyclic) bond motifs is 1. The van der Waals surface area contributed by atoms with Gasteiger partial charge in [-0.25, -0.2) is 4.68 Å². The molecule has 5 rings (SSSR count). The molecule has 1 atom stereocenters. The Bertz CT molecular complexity index is 1520. The molecule has 0 spiro atoms. The first kappa shape index (κ1) is 23.5. The number of nitrogens with zero attached hydrogens (tertiary/aromatic N) is 4. The molecule has 1 aliphatic heterocycles. The Morgan fingerprint density at radius 2 is 1.78 bits per heavy atom. The Morgan fingerprint density at radius 1 is 1.06 bits per heavy atom. The predicted molar refractivity (Wildman–Crippen MR) is 138 cm³/mol. The number of aromatic nitrogens is 3. The number of amides is 1. The van der Waals surface area contributed by atoms with Gasteiger partial charge in [0.1, 0.15) is 6.04 Å². The van der Waals surface area contributed by atoms with Gasteiger partial charge in [0.05, 0.1) is 20.5 Å². The van der Waals surface area contributed by atoms with Crippen LogP contribution in [-0.4, -0.2) is 25.6 Å². The minimum Gasteiger partial charge on any atom is -0.328 e. The van der Waals surface area contributed by atoms with Crippen LogP contribution in [0.5, 0.6) is 0 Å². The highest BCUT2D eigenvalue weighted by atomic mass is 35.5. The standard InChI is InChI=1S/C25H18Cl2N6O3/c1-14-20(24(34)29-16-6-3-2-4-7-16)22(18-8-5-9-19(26)21(18)27)32-25(28-14)30-23(31-32)15-10-12-17(13-11-15)33(35)36/h2-13,22H,1H3,(H,29,34)(H,28,30,31). The Kier molecular flexibility index (Phi) is 6.17. The van der Waals surface area contributed by atoms with E-state index in [1.807, 2.05) is 18.2 Å². The Balaban J connectivity index is 1.62. The molecular weight excluding hydrogens is 503 g/mol. The number of benzene rings is 3. The number of nitrogens with one attached hydrogen (secondary N) is 2. The van der Waals surface area contributed by atoms with Gasteiger partial charge in [0.25, 0.3) is 11.6 Å². The van der Waals surface area contributed by atoms with Crippen LogP contribution in [0.3, 0.4) is 0 Å². The molecule has 9 nitrogen and oxygen atoms in total. The maximum absolute atomic E-state index is 13.5. The Morgan fingerprint density at radius 3 is 2.47 bits per heavy atom. The summed E-state index contributed by atoms with van der Waals surface area (Å²) >= 11 is 12.9. The molecule has 1 unspecified atom stereocenters. The van der Waals surface area contributed by atoms with Crippen LogP contribution in [0.15, 0.2) is 84.1 Å². The molecule has 4 aromatic rings. The van der Waals surface area contributed by atoms with Crippen LogP contribution in [0.25, 0.3) is 11.4 Å². The zero-order valence-electron chi connectivity index (χ0n) is 18.8. The summed E-state index contributed by atoms with van der Waals surface area (Å²) in [6, 6.07) is 19.5. The quantitative estimate of drug-likeness (QED) is 0.243. The molecule has 0 aliphatic carbocycles. The minimum absolute atomic E-state index is 0.0400. The summed E-state index contributed by atoms with van der Waals surface area (Å²) in [4.78, 5) is 28.7. The lowest BCUT2D eigenvalue weighted by molar-refractivity contribution is -0.384. The second-order valence-corrected chi connectivity index (χ2v) is 8.82. The van der Waals surface area contributed by atoms with Gasteiger partial charge < -0.3 is 10.6 Å². The van der Waals surface area contributed by atoms with Crippen molar-refractivity contribution in [2.24, 2.45) is 0 Å². The van der Waals surface area contributed by atoms with Gasteiger partial charge in [-0.15, -0.1) is 5.10 Å². The van der Waals surface area contributed by atoms with Gasteiger partial charge in [-0.2, -0.15) is 4.98 Å². The maximum Gasteiger partial charge on any atom is 0.269 e. The van der Waals surface area contributed by atoms with E-state index in [1.54, 1.807) is 54.1 Å². The third kappa shape index (κ3) is 4.30. The first-order valence-corrected chi connectivity index (χ1v) is 11.6. The lowest BCUT2D eigenvalue weighted by Gasteiger charge is -2.29. The van der Waals surface area contributed by atoms with E-state index in [0.717, 1.165) is 0 Å². The number of non-ortho nitro benzene ring substituents is 1. The molecular formula is C25H18Cl2N6O3. The number of anilines is 2. The number of allylic oxidation sites excluding steroid dienone is 1. The van der Waals surface area contributed by atoms with Crippen LogP contribution in [0.4, 0.5) is 17.3 Å². The van der Waals surface area contributed by atoms with E-state index in [0.29, 0.717) is 49.9 Å². The highest BCUT2D eigenvalue weighted by molar-refractivity contribution is 6.42. The second kappa shape index (κ2) is 9.44. The number of rotatable bonds is 5. The van der Waals surface area contributed by atoms with Crippen molar-refractivity contribution >= 4 is 46.4 Å². The number of halogens is 2. The van der Waals surface area contributed by atoms with Crippen LogP contribution in [-0.2, 0) is 4.79 Å². The van der Waals surface area contributed by atoms with E-state index in [1.165, 1.54) is 12.1 Å². The summed E-state index contributed by atoms with van der Waals surface area (Å²) < 4.78 is 1.57. The van der Waals surface area contributed by atoms with E-state index in [9.17, 15) is 14.9 Å². The molecule has 1 aliphatic rings. The average Bonchev–Trinajstić information content (AvgIpc) is 3.29. The van der Waals surface area contributed by atoms with Crippen LogP contribution in [0.2, 0.25) is 10.0 Å². The first-order valence-electron chi connectivity index (χ1n) is 10.8. The molecule has 2 N–H and O–H groups in total. The highest BCUT2D eigenvalue weighted by Gasteiger charge is 2.36. The van der Waals surface area contributed by atoms with Crippen LogP contribution >= 0.6 is 23.2 Å². The highest BCUT2D eigenvalue weighted by Crippen LogP contribution is 2.41. The lowest BCUT2D eigenvalue weighted by atomic mass is 9.95. The van der Waals surface area contributed by atoms with E-state index < -0.39 is 11.0 Å². The van der Waals surface area contributed by atoms with E-state index >= 15 is 0 Å². The number of nitro groups is 1. The summed E-state index contributed by atoms with van der Waals surface area (Å²) in [5, 5.41) is 22.4. The monoisotopic (exact) mass is 520 g/mol. The Labute approximate surface area is 215 Å². The SMILES string of the molecule is CC1=C(C(=O)Nc2ccccc2)C(c2cccc(Cl)c2Cl)n2nc(-c3ccc([N+](=O)[O-])cc3)nc2N1. The van der Waals surface area contributed by atoms with Gasteiger partial charge in [0.2, 0.25) is 5.95 Å². The average molecular weight is 521 g/mol. The van der Waals surface area contributed by atoms with E-state index in [2.05, 4.69) is 20.7 Å². The van der Waals surface area contributed by atoms with Crippen LogP contribution in [0, 0.1) is 10.1 Å². The third-order valence-electron chi connectivity index (χ3n) is 5.74. The summed E-state index contributed by atoms with van der Waals surface area (Å²) in [6.45, 7) is 1.77. The fraction of sp³-hybridized carbons (Fsp3) is 0.0800. The molecule has 36 heavy (non-hydrogen) atoms. The molecule has 1 aromatic heterocycles. The Hall–Kier alpha value is -4.21. The number of carbonyl (C=O) groups excluding carboxylic acids is 1. The molecule has 2 heterocycles. The molecule has 0 fully saturated rings. The van der Waals surface area contributed by atoms with Crippen molar-refractivity contribution in [3.05, 3.63) is 110 Å². The molecule has 0 radical (unpaired) electrons. The van der Waals surface area contributed by atoms with Crippen molar-refractivity contribution in [1.82, 2.24) is 14.8 Å². The summed E-state index contributed by atoms with van der Waals surface area (Å²) in [5.41, 5.74) is 2.70. The number of hydrogen-bond donors (Lipinski definition) is 2. The van der Waals surface area contributed by atoms with Gasteiger partial charge in [0, 0.05) is 34.6 Å². The van der Waals surface area contributed by atoms with Crippen molar-refractivity contribution in [3.63, 3.8) is 0 Å². The fourth-order valence-corrected chi connectivity index (χ4v) is 4.45. The normalized spacial score (nSPS) is 14.7. The summed E-state index contributed by atoms with van der Waals surface area (Å²) in [7, 11) is 0. The zero-order valence-corrected chi connectivity index (χ0v) is 20.3. The second-order valence-electron chi connectivity index (χ2n) is 8.04. The lowest BCUT2D eigenvalue weighted by Crippen LogP contribution is -2.31.